The number of carbonyl (C=O) groups is 2. The van der Waals surface area contributed by atoms with E-state index in [1.807, 2.05) is 47.4 Å². The lowest BCUT2D eigenvalue weighted by molar-refractivity contribution is -0.136. The number of ether oxygens (including phenoxy) is 1. The van der Waals surface area contributed by atoms with Crippen molar-refractivity contribution < 1.29 is 14.3 Å². The molecule has 0 aliphatic carbocycles. The lowest BCUT2D eigenvalue weighted by Crippen LogP contribution is -2.37. The van der Waals surface area contributed by atoms with Crippen LogP contribution in [0.1, 0.15) is 30.9 Å². The van der Waals surface area contributed by atoms with Crippen LogP contribution in [0.2, 0.25) is 0 Å². The van der Waals surface area contributed by atoms with E-state index in [0.29, 0.717) is 24.4 Å². The molecule has 0 saturated carbocycles. The fraction of sp³-hybridized carbons (Fsp3) is 0.280. The zero-order chi connectivity index (χ0) is 21.1. The van der Waals surface area contributed by atoms with Gasteiger partial charge in [-0.3, -0.25) is 14.5 Å². The van der Waals surface area contributed by atoms with Crippen LogP contribution in [0.25, 0.3) is 5.57 Å². The summed E-state index contributed by atoms with van der Waals surface area (Å²) < 4.78 is 5.67. The number of anilines is 1. The van der Waals surface area contributed by atoms with Crippen LogP contribution in [0.3, 0.4) is 0 Å². The molecular formula is C25H26N2O3. The van der Waals surface area contributed by atoms with E-state index < -0.39 is 0 Å². The second kappa shape index (κ2) is 8.57. The van der Waals surface area contributed by atoms with Gasteiger partial charge in [-0.05, 0) is 48.6 Å². The Bertz CT molecular complexity index is 1010. The summed E-state index contributed by atoms with van der Waals surface area (Å²) in [4.78, 5) is 29.9. The average Bonchev–Trinajstić information content (AvgIpc) is 3.02. The normalized spacial score (nSPS) is 16.2. The van der Waals surface area contributed by atoms with E-state index in [1.54, 1.807) is 6.08 Å². The highest BCUT2D eigenvalue weighted by Gasteiger charge is 2.42. The number of aryl methyl sites for hydroxylation is 1. The second-order valence-corrected chi connectivity index (χ2v) is 7.49. The summed E-state index contributed by atoms with van der Waals surface area (Å²) in [7, 11) is 0. The third kappa shape index (κ3) is 3.52. The summed E-state index contributed by atoms with van der Waals surface area (Å²) >= 11 is 0. The number of nitrogens with zero attached hydrogens (tertiary/aromatic N) is 2. The highest BCUT2D eigenvalue weighted by molar-refractivity contribution is 6.36. The first-order valence-corrected chi connectivity index (χ1v) is 10.5. The maximum atomic E-state index is 13.3. The molecule has 2 amide bonds. The van der Waals surface area contributed by atoms with Gasteiger partial charge in [0.25, 0.3) is 11.8 Å². The van der Waals surface area contributed by atoms with E-state index in [1.165, 1.54) is 10.5 Å². The van der Waals surface area contributed by atoms with Crippen LogP contribution in [0.4, 0.5) is 5.69 Å². The highest BCUT2D eigenvalue weighted by Crippen LogP contribution is 2.38. The van der Waals surface area contributed by atoms with Crippen molar-refractivity contribution in [2.24, 2.45) is 0 Å². The molecular weight excluding hydrogens is 376 g/mol. The van der Waals surface area contributed by atoms with Crippen molar-refractivity contribution >= 4 is 23.1 Å². The minimum absolute atomic E-state index is 0.192. The standard InChI is InChI=1S/C25H26N2O3/c1-3-15-27-24(28)22(19-11-13-20(14-12-19)30-17-4-2)23(25(27)29)26-16-7-9-18-8-5-6-10-21(18)26/h3,5-6,8,10-14H,1,4,7,9,15-17H2,2H3. The SMILES string of the molecule is C=CCN1C(=O)C(c2ccc(OCCC)cc2)=C(N2CCCc3ccccc32)C1=O. The Morgan fingerprint density at radius 3 is 2.57 bits per heavy atom. The smallest absolute Gasteiger partial charge is 0.278 e. The van der Waals surface area contributed by atoms with Gasteiger partial charge in [-0.25, -0.2) is 0 Å². The predicted octanol–water partition coefficient (Wildman–Crippen LogP) is 4.19. The number of benzene rings is 2. The molecule has 30 heavy (non-hydrogen) atoms. The van der Waals surface area contributed by atoms with Crippen LogP contribution in [0.5, 0.6) is 5.75 Å². The quantitative estimate of drug-likeness (QED) is 0.515. The third-order valence-corrected chi connectivity index (χ3v) is 5.45. The number of hydrogen-bond acceptors (Lipinski definition) is 4. The molecule has 0 fully saturated rings. The Morgan fingerprint density at radius 1 is 1.07 bits per heavy atom. The molecule has 2 aliphatic heterocycles. The molecule has 0 radical (unpaired) electrons. The molecule has 0 N–H and O–H groups in total. The second-order valence-electron chi connectivity index (χ2n) is 7.49. The summed E-state index contributed by atoms with van der Waals surface area (Å²) in [6.45, 7) is 7.30. The van der Waals surface area contributed by atoms with E-state index >= 15 is 0 Å². The van der Waals surface area contributed by atoms with Gasteiger partial charge in [0.1, 0.15) is 11.4 Å². The van der Waals surface area contributed by atoms with Crippen molar-refractivity contribution in [2.45, 2.75) is 26.2 Å². The van der Waals surface area contributed by atoms with E-state index in [2.05, 4.69) is 19.6 Å². The molecule has 0 bridgehead atoms. The first-order valence-electron chi connectivity index (χ1n) is 10.5. The molecule has 0 aromatic heterocycles. The summed E-state index contributed by atoms with van der Waals surface area (Å²) in [5.41, 5.74) is 3.82. The molecule has 0 unspecified atom stereocenters. The third-order valence-electron chi connectivity index (χ3n) is 5.45. The van der Waals surface area contributed by atoms with Crippen LogP contribution in [-0.4, -0.2) is 36.4 Å². The molecule has 4 rings (SSSR count). The minimum atomic E-state index is -0.278. The largest absolute Gasteiger partial charge is 0.494 e. The first kappa shape index (κ1) is 20.0. The van der Waals surface area contributed by atoms with Crippen LogP contribution in [-0.2, 0) is 16.0 Å². The number of rotatable bonds is 7. The van der Waals surface area contributed by atoms with Gasteiger partial charge < -0.3 is 9.64 Å². The van der Waals surface area contributed by atoms with E-state index in [0.717, 1.165) is 36.3 Å². The zero-order valence-corrected chi connectivity index (χ0v) is 17.3. The van der Waals surface area contributed by atoms with Crippen LogP contribution < -0.4 is 9.64 Å². The summed E-state index contributed by atoms with van der Waals surface area (Å²) in [6.07, 6.45) is 4.41. The van der Waals surface area contributed by atoms with Crippen molar-refractivity contribution in [3.63, 3.8) is 0 Å². The maximum absolute atomic E-state index is 13.3. The topological polar surface area (TPSA) is 49.9 Å². The van der Waals surface area contributed by atoms with Gasteiger partial charge in [-0.1, -0.05) is 43.3 Å². The Hall–Kier alpha value is -3.34. The van der Waals surface area contributed by atoms with Crippen molar-refractivity contribution in [2.75, 3.05) is 24.6 Å². The lowest BCUT2D eigenvalue weighted by atomic mass is 9.98. The number of carbonyl (C=O) groups excluding carboxylic acids is 2. The van der Waals surface area contributed by atoms with Crippen molar-refractivity contribution in [1.82, 2.24) is 4.90 Å². The Morgan fingerprint density at radius 2 is 1.83 bits per heavy atom. The predicted molar refractivity (Wildman–Crippen MR) is 118 cm³/mol. The summed E-state index contributed by atoms with van der Waals surface area (Å²) in [6, 6.07) is 15.5. The molecule has 0 atom stereocenters. The Kier molecular flexibility index (Phi) is 5.70. The van der Waals surface area contributed by atoms with Gasteiger partial charge >= 0.3 is 0 Å². The fourth-order valence-corrected chi connectivity index (χ4v) is 4.07. The van der Waals surface area contributed by atoms with Gasteiger partial charge in [0.05, 0.1) is 12.2 Å². The van der Waals surface area contributed by atoms with Crippen LogP contribution in [0.15, 0.2) is 66.9 Å². The highest BCUT2D eigenvalue weighted by atomic mass is 16.5. The number of imide groups is 1. The van der Waals surface area contributed by atoms with Crippen LogP contribution >= 0.6 is 0 Å². The number of para-hydroxylation sites is 1. The number of fused-ring (bicyclic) bond motifs is 1. The van der Waals surface area contributed by atoms with Crippen molar-refractivity contribution in [3.05, 3.63) is 78.0 Å². The summed E-state index contributed by atoms with van der Waals surface area (Å²) in [5.74, 6) is 0.212. The lowest BCUT2D eigenvalue weighted by Gasteiger charge is -2.32. The minimum Gasteiger partial charge on any atom is -0.494 e. The summed E-state index contributed by atoms with van der Waals surface area (Å²) in [5, 5.41) is 0. The zero-order valence-electron chi connectivity index (χ0n) is 17.3. The van der Waals surface area contributed by atoms with E-state index in [9.17, 15) is 9.59 Å². The molecule has 2 aliphatic rings. The van der Waals surface area contributed by atoms with E-state index in [4.69, 9.17) is 4.74 Å². The van der Waals surface area contributed by atoms with Crippen LogP contribution in [0, 0.1) is 0 Å². The molecule has 5 heteroatoms. The molecule has 2 aromatic rings. The van der Waals surface area contributed by atoms with Gasteiger partial charge in [0, 0.05) is 18.8 Å². The molecule has 5 nitrogen and oxygen atoms in total. The van der Waals surface area contributed by atoms with Gasteiger partial charge in [0.2, 0.25) is 0 Å². The monoisotopic (exact) mass is 402 g/mol. The molecule has 0 spiro atoms. The van der Waals surface area contributed by atoms with Crippen molar-refractivity contribution in [3.8, 4) is 5.75 Å². The Balaban J connectivity index is 1.81. The molecule has 2 aromatic carbocycles. The van der Waals surface area contributed by atoms with Gasteiger partial charge in [-0.2, -0.15) is 0 Å². The molecule has 154 valence electrons. The van der Waals surface area contributed by atoms with E-state index in [-0.39, 0.29) is 18.4 Å². The molecule has 0 saturated heterocycles. The van der Waals surface area contributed by atoms with Gasteiger partial charge in [0.15, 0.2) is 0 Å². The maximum Gasteiger partial charge on any atom is 0.278 e. The fourth-order valence-electron chi connectivity index (χ4n) is 4.07. The number of amides is 2. The Labute approximate surface area is 177 Å². The molecule has 2 heterocycles. The van der Waals surface area contributed by atoms with Crippen molar-refractivity contribution in [1.29, 1.82) is 0 Å². The number of hydrogen-bond donors (Lipinski definition) is 0. The van der Waals surface area contributed by atoms with Gasteiger partial charge in [-0.15, -0.1) is 6.58 Å². The first-order chi connectivity index (χ1) is 14.7. The average molecular weight is 402 g/mol.